The fourth-order valence-corrected chi connectivity index (χ4v) is 3.37. The van der Waals surface area contributed by atoms with E-state index in [1.807, 2.05) is 31.2 Å². The zero-order valence-corrected chi connectivity index (χ0v) is 15.8. The van der Waals surface area contributed by atoms with Gasteiger partial charge < -0.3 is 14.4 Å². The van der Waals surface area contributed by atoms with Crippen LogP contribution >= 0.6 is 0 Å². The lowest BCUT2D eigenvalue weighted by molar-refractivity contribution is -0.154. The molecule has 27 heavy (non-hydrogen) atoms. The van der Waals surface area contributed by atoms with Crippen LogP contribution in [-0.2, 0) is 20.7 Å². The van der Waals surface area contributed by atoms with Crippen LogP contribution in [0, 0.1) is 6.92 Å². The smallest absolute Gasteiger partial charge is 0.344 e. The maximum absolute atomic E-state index is 12.5. The van der Waals surface area contributed by atoms with E-state index in [4.69, 9.17) is 9.47 Å². The van der Waals surface area contributed by atoms with Gasteiger partial charge in [-0.2, -0.15) is 0 Å². The molecule has 0 bridgehead atoms. The summed E-state index contributed by atoms with van der Waals surface area (Å²) in [7, 11) is 1.77. The third-order valence-corrected chi connectivity index (χ3v) is 4.93. The summed E-state index contributed by atoms with van der Waals surface area (Å²) in [6.45, 7) is 1.49. The summed E-state index contributed by atoms with van der Waals surface area (Å²) in [5.74, 6) is -0.165. The number of benzene rings is 2. The van der Waals surface area contributed by atoms with Crippen molar-refractivity contribution in [2.24, 2.45) is 0 Å². The van der Waals surface area contributed by atoms with Gasteiger partial charge in [-0.05, 0) is 49.4 Å². The Kier molecular flexibility index (Phi) is 6.12. The van der Waals surface area contributed by atoms with Crippen LogP contribution in [0.1, 0.15) is 35.6 Å². The molecule has 1 atom stereocenters. The molecule has 0 aliphatic heterocycles. The van der Waals surface area contributed by atoms with Gasteiger partial charge in [0.2, 0.25) is 0 Å². The minimum absolute atomic E-state index is 0.0324. The lowest BCUT2D eigenvalue weighted by Gasteiger charge is -2.33. The molecule has 0 aromatic heterocycles. The van der Waals surface area contributed by atoms with Crippen LogP contribution in [0.25, 0.3) is 0 Å². The summed E-state index contributed by atoms with van der Waals surface area (Å²) in [6.07, 6.45) is 3.01. The summed E-state index contributed by atoms with van der Waals surface area (Å²) < 4.78 is 10.5. The van der Waals surface area contributed by atoms with Crippen LogP contribution in [0.4, 0.5) is 0 Å². The molecule has 5 nitrogen and oxygen atoms in total. The van der Waals surface area contributed by atoms with Crippen LogP contribution in [-0.4, -0.2) is 37.0 Å². The molecular formula is C22H25NO4. The van der Waals surface area contributed by atoms with Crippen molar-refractivity contribution in [3.8, 4) is 5.75 Å². The van der Waals surface area contributed by atoms with Gasteiger partial charge in [-0.1, -0.05) is 42.0 Å². The largest absolute Gasteiger partial charge is 0.482 e. The highest BCUT2D eigenvalue weighted by atomic mass is 16.6. The number of rotatable bonds is 6. The molecule has 3 rings (SSSR count). The van der Waals surface area contributed by atoms with Crippen molar-refractivity contribution < 1.29 is 19.1 Å². The van der Waals surface area contributed by atoms with Gasteiger partial charge in [0.1, 0.15) is 5.75 Å². The van der Waals surface area contributed by atoms with E-state index in [2.05, 4.69) is 12.1 Å². The van der Waals surface area contributed by atoms with E-state index in [-0.39, 0.29) is 25.2 Å². The zero-order valence-electron chi connectivity index (χ0n) is 15.8. The maximum atomic E-state index is 12.5. The monoisotopic (exact) mass is 367 g/mol. The molecule has 1 amide bonds. The van der Waals surface area contributed by atoms with Crippen LogP contribution in [0.15, 0.2) is 48.5 Å². The van der Waals surface area contributed by atoms with E-state index in [0.717, 1.165) is 24.8 Å². The molecule has 142 valence electrons. The van der Waals surface area contributed by atoms with Crippen LogP contribution in [0.2, 0.25) is 0 Å². The van der Waals surface area contributed by atoms with Gasteiger partial charge in [0, 0.05) is 7.05 Å². The van der Waals surface area contributed by atoms with E-state index in [9.17, 15) is 9.59 Å². The second kappa shape index (κ2) is 8.71. The van der Waals surface area contributed by atoms with Gasteiger partial charge >= 0.3 is 5.97 Å². The van der Waals surface area contributed by atoms with Gasteiger partial charge in [0.25, 0.3) is 5.91 Å². The maximum Gasteiger partial charge on any atom is 0.344 e. The molecule has 0 fully saturated rings. The van der Waals surface area contributed by atoms with E-state index in [1.165, 1.54) is 11.1 Å². The Morgan fingerprint density at radius 1 is 1.07 bits per heavy atom. The second-order valence-electron chi connectivity index (χ2n) is 6.87. The SMILES string of the molecule is Cc1ccc(OCC(=O)OCC(=O)N(C)[C@H]2CCCc3ccccc32)cc1. The first kappa shape index (κ1) is 19.0. The molecule has 0 radical (unpaired) electrons. The lowest BCUT2D eigenvalue weighted by atomic mass is 9.87. The highest BCUT2D eigenvalue weighted by Gasteiger charge is 2.26. The Hall–Kier alpha value is -2.82. The minimum atomic E-state index is -0.554. The molecule has 5 heteroatoms. The zero-order chi connectivity index (χ0) is 19.2. The first-order valence-electron chi connectivity index (χ1n) is 9.23. The van der Waals surface area contributed by atoms with E-state index in [0.29, 0.717) is 5.75 Å². The molecule has 1 aliphatic rings. The number of likely N-dealkylation sites (N-methyl/N-ethyl adjacent to an activating group) is 1. The van der Waals surface area contributed by atoms with Crippen molar-refractivity contribution in [1.29, 1.82) is 0 Å². The first-order chi connectivity index (χ1) is 13.0. The number of hydrogen-bond acceptors (Lipinski definition) is 4. The standard InChI is InChI=1S/C22H25NO4/c1-16-10-12-18(13-11-16)26-15-22(25)27-14-21(24)23(2)20-9-5-7-17-6-3-4-8-19(17)20/h3-4,6,8,10-13,20H,5,7,9,14-15H2,1-2H3/t20-/m0/s1. The Bertz CT molecular complexity index is 800. The molecule has 2 aromatic carbocycles. The first-order valence-corrected chi connectivity index (χ1v) is 9.23. The number of amides is 1. The number of carbonyl (C=O) groups excluding carboxylic acids is 2. The van der Waals surface area contributed by atoms with Crippen molar-refractivity contribution in [3.63, 3.8) is 0 Å². The third kappa shape index (κ3) is 4.88. The summed E-state index contributed by atoms with van der Waals surface area (Å²) in [5, 5.41) is 0. The van der Waals surface area contributed by atoms with Crippen molar-refractivity contribution in [1.82, 2.24) is 4.90 Å². The average molecular weight is 367 g/mol. The van der Waals surface area contributed by atoms with Crippen molar-refractivity contribution in [2.45, 2.75) is 32.2 Å². The van der Waals surface area contributed by atoms with Crippen molar-refractivity contribution in [3.05, 3.63) is 65.2 Å². The Balaban J connectivity index is 1.49. The van der Waals surface area contributed by atoms with Gasteiger partial charge in [-0.25, -0.2) is 4.79 Å². The van der Waals surface area contributed by atoms with Gasteiger partial charge in [-0.15, -0.1) is 0 Å². The fourth-order valence-electron chi connectivity index (χ4n) is 3.37. The number of esters is 1. The van der Waals surface area contributed by atoms with Crippen molar-refractivity contribution >= 4 is 11.9 Å². The number of nitrogens with zero attached hydrogens (tertiary/aromatic N) is 1. The van der Waals surface area contributed by atoms with Gasteiger partial charge in [0.05, 0.1) is 6.04 Å². The fraction of sp³-hybridized carbons (Fsp3) is 0.364. The Morgan fingerprint density at radius 3 is 2.59 bits per heavy atom. The molecule has 0 spiro atoms. The Morgan fingerprint density at radius 2 is 1.81 bits per heavy atom. The molecule has 2 aromatic rings. The molecule has 0 heterocycles. The molecule has 1 aliphatic carbocycles. The Labute approximate surface area is 159 Å². The van der Waals surface area contributed by atoms with Crippen LogP contribution in [0.3, 0.4) is 0 Å². The normalized spacial score (nSPS) is 15.6. The van der Waals surface area contributed by atoms with Crippen LogP contribution < -0.4 is 4.74 Å². The van der Waals surface area contributed by atoms with E-state index < -0.39 is 5.97 Å². The van der Waals surface area contributed by atoms with Crippen molar-refractivity contribution in [2.75, 3.05) is 20.3 Å². The minimum Gasteiger partial charge on any atom is -0.482 e. The quantitative estimate of drug-likeness (QED) is 0.734. The number of carbonyl (C=O) groups is 2. The van der Waals surface area contributed by atoms with Gasteiger partial charge in [-0.3, -0.25) is 4.79 Å². The van der Waals surface area contributed by atoms with Crippen LogP contribution in [0.5, 0.6) is 5.75 Å². The number of hydrogen-bond donors (Lipinski definition) is 0. The predicted octanol–water partition coefficient (Wildman–Crippen LogP) is 3.45. The summed E-state index contributed by atoms with van der Waals surface area (Å²) in [5.41, 5.74) is 3.59. The topological polar surface area (TPSA) is 55.8 Å². The molecular weight excluding hydrogens is 342 g/mol. The van der Waals surface area contributed by atoms with Gasteiger partial charge in [0.15, 0.2) is 13.2 Å². The molecule has 0 N–H and O–H groups in total. The average Bonchev–Trinajstić information content (AvgIpc) is 2.70. The highest BCUT2D eigenvalue weighted by Crippen LogP contribution is 2.33. The number of fused-ring (bicyclic) bond motifs is 1. The second-order valence-corrected chi connectivity index (χ2v) is 6.87. The number of ether oxygens (including phenoxy) is 2. The summed E-state index contributed by atoms with van der Waals surface area (Å²) in [4.78, 5) is 26.0. The summed E-state index contributed by atoms with van der Waals surface area (Å²) >= 11 is 0. The molecule has 0 saturated heterocycles. The number of aryl methyl sites for hydroxylation is 2. The molecule has 0 saturated carbocycles. The van der Waals surface area contributed by atoms with E-state index >= 15 is 0 Å². The predicted molar refractivity (Wildman–Crippen MR) is 103 cm³/mol. The highest BCUT2D eigenvalue weighted by molar-refractivity contribution is 5.81. The molecule has 0 unspecified atom stereocenters. The van der Waals surface area contributed by atoms with E-state index in [1.54, 1.807) is 24.1 Å². The third-order valence-electron chi connectivity index (χ3n) is 4.93. The lowest BCUT2D eigenvalue weighted by Crippen LogP contribution is -2.36. The summed E-state index contributed by atoms with van der Waals surface area (Å²) in [6, 6.07) is 15.6.